The smallest absolute Gasteiger partial charge is 0.318 e. The van der Waals surface area contributed by atoms with Crippen LogP contribution in [0.5, 0.6) is 0 Å². The Morgan fingerprint density at radius 3 is 2.94 bits per heavy atom. The van der Waals surface area contributed by atoms with Crippen LogP contribution in [0.1, 0.15) is 29.4 Å². The second kappa shape index (κ2) is 4.95. The fourth-order valence-electron chi connectivity index (χ4n) is 1.73. The number of Topliss-reactive ketones (excluding diaryl/α,β-unsaturated/α-hetero) is 1. The largest absolute Gasteiger partial charge is 0.324 e. The minimum atomic E-state index is -0.415. The Bertz CT molecular complexity index is 513. The number of urea groups is 1. The first-order valence-corrected chi connectivity index (χ1v) is 5.61. The predicted octanol–water partition coefficient (Wildman–Crippen LogP) is 0.726. The van der Waals surface area contributed by atoms with E-state index in [2.05, 4.69) is 10.3 Å². The monoisotopic (exact) mass is 247 g/mol. The summed E-state index contributed by atoms with van der Waals surface area (Å²) in [5, 5.41) is 2.24. The van der Waals surface area contributed by atoms with Gasteiger partial charge in [-0.05, 0) is 19.1 Å². The lowest BCUT2D eigenvalue weighted by atomic mass is 10.1. The van der Waals surface area contributed by atoms with Crippen LogP contribution in [0, 0.1) is 0 Å². The van der Waals surface area contributed by atoms with Crippen molar-refractivity contribution in [3.63, 3.8) is 0 Å². The maximum absolute atomic E-state index is 11.5. The van der Waals surface area contributed by atoms with E-state index in [9.17, 15) is 14.4 Å². The summed E-state index contributed by atoms with van der Waals surface area (Å²) in [6.07, 6.45) is 1.83. The number of carbonyl (C=O) groups is 3. The summed E-state index contributed by atoms with van der Waals surface area (Å²) in [7, 11) is 0. The number of hydrogen-bond acceptors (Lipinski definition) is 4. The Hall–Kier alpha value is -2.24. The molecule has 1 aliphatic rings. The number of nitrogens with one attached hydrogen (secondary N) is 1. The number of pyridine rings is 1. The summed E-state index contributed by atoms with van der Waals surface area (Å²) in [4.78, 5) is 39.4. The molecule has 0 atom stereocenters. The molecule has 2 rings (SSSR count). The van der Waals surface area contributed by atoms with Crippen LogP contribution in [0.15, 0.2) is 18.3 Å². The van der Waals surface area contributed by atoms with Crippen molar-refractivity contribution in [1.29, 1.82) is 0 Å². The summed E-state index contributed by atoms with van der Waals surface area (Å²) >= 11 is 0. The molecule has 1 aliphatic heterocycles. The van der Waals surface area contributed by atoms with Crippen LogP contribution >= 0.6 is 0 Å². The molecule has 0 unspecified atom stereocenters. The lowest BCUT2D eigenvalue weighted by molar-refractivity contribution is -0.121. The van der Waals surface area contributed by atoms with E-state index >= 15 is 0 Å². The lowest BCUT2D eigenvalue weighted by Gasteiger charge is -2.26. The zero-order valence-corrected chi connectivity index (χ0v) is 9.97. The molecule has 1 aromatic heterocycles. The van der Waals surface area contributed by atoms with Gasteiger partial charge in [-0.2, -0.15) is 0 Å². The van der Waals surface area contributed by atoms with Crippen LogP contribution in [0.4, 0.5) is 4.79 Å². The van der Waals surface area contributed by atoms with Crippen molar-refractivity contribution in [3.05, 3.63) is 29.6 Å². The first-order chi connectivity index (χ1) is 8.56. The van der Waals surface area contributed by atoms with E-state index in [0.717, 1.165) is 0 Å². The summed E-state index contributed by atoms with van der Waals surface area (Å²) in [6.45, 7) is 2.14. The van der Waals surface area contributed by atoms with Crippen LogP contribution in [0.2, 0.25) is 0 Å². The molecule has 0 radical (unpaired) electrons. The number of nitrogens with zero attached hydrogens (tertiary/aromatic N) is 2. The minimum Gasteiger partial charge on any atom is -0.318 e. The molecular formula is C12H13N3O3. The highest BCUT2D eigenvalue weighted by Gasteiger charge is 2.23. The van der Waals surface area contributed by atoms with Crippen molar-refractivity contribution in [3.8, 4) is 0 Å². The summed E-state index contributed by atoms with van der Waals surface area (Å²) < 4.78 is 0. The number of hydrogen-bond donors (Lipinski definition) is 1. The standard InChI is InChI=1S/C12H13N3O3/c1-8(16)9-2-4-13-10(6-9)7-15-5-3-11(17)14-12(15)18/h2,4,6H,3,5,7H2,1H3,(H,14,17,18). The SMILES string of the molecule is CC(=O)c1ccnc(CN2CCC(=O)NC2=O)c1. The van der Waals surface area contributed by atoms with Gasteiger partial charge in [-0.3, -0.25) is 19.9 Å². The topological polar surface area (TPSA) is 79.4 Å². The highest BCUT2D eigenvalue weighted by atomic mass is 16.2. The quantitative estimate of drug-likeness (QED) is 0.798. The van der Waals surface area contributed by atoms with Crippen molar-refractivity contribution in [1.82, 2.24) is 15.2 Å². The number of carbonyl (C=O) groups excluding carboxylic acids is 3. The molecule has 94 valence electrons. The molecule has 1 N–H and O–H groups in total. The van der Waals surface area contributed by atoms with Gasteiger partial charge in [0, 0.05) is 24.7 Å². The highest BCUT2D eigenvalue weighted by molar-refractivity contribution is 5.96. The highest BCUT2D eigenvalue weighted by Crippen LogP contribution is 2.09. The van der Waals surface area contributed by atoms with Crippen LogP contribution in [0.3, 0.4) is 0 Å². The normalized spacial score (nSPS) is 15.5. The van der Waals surface area contributed by atoms with Gasteiger partial charge in [0.05, 0.1) is 12.2 Å². The van der Waals surface area contributed by atoms with Gasteiger partial charge < -0.3 is 4.90 Å². The third-order valence-corrected chi connectivity index (χ3v) is 2.72. The molecule has 3 amide bonds. The number of amides is 3. The average Bonchev–Trinajstić information content (AvgIpc) is 2.33. The first kappa shape index (κ1) is 12.2. The maximum atomic E-state index is 11.5. The molecular weight excluding hydrogens is 234 g/mol. The number of imide groups is 1. The molecule has 18 heavy (non-hydrogen) atoms. The molecule has 1 saturated heterocycles. The Morgan fingerprint density at radius 2 is 2.28 bits per heavy atom. The van der Waals surface area contributed by atoms with Crippen LogP contribution in [-0.4, -0.2) is 34.2 Å². The molecule has 0 aromatic carbocycles. The van der Waals surface area contributed by atoms with Crippen molar-refractivity contribution < 1.29 is 14.4 Å². The zero-order valence-electron chi connectivity index (χ0n) is 9.97. The van der Waals surface area contributed by atoms with Gasteiger partial charge in [0.1, 0.15) is 0 Å². The fourth-order valence-corrected chi connectivity index (χ4v) is 1.73. The summed E-state index contributed by atoms with van der Waals surface area (Å²) in [5.74, 6) is -0.307. The van der Waals surface area contributed by atoms with E-state index < -0.39 is 6.03 Å². The van der Waals surface area contributed by atoms with Crippen LogP contribution < -0.4 is 5.32 Å². The maximum Gasteiger partial charge on any atom is 0.324 e. The van der Waals surface area contributed by atoms with Gasteiger partial charge in [0.2, 0.25) is 5.91 Å². The zero-order chi connectivity index (χ0) is 13.1. The van der Waals surface area contributed by atoms with E-state index in [1.807, 2.05) is 0 Å². The van der Waals surface area contributed by atoms with E-state index in [1.165, 1.54) is 11.8 Å². The second-order valence-corrected chi connectivity index (χ2v) is 4.12. The molecule has 0 saturated carbocycles. The Balaban J connectivity index is 2.09. The molecule has 1 aromatic rings. The summed E-state index contributed by atoms with van der Waals surface area (Å²) in [6, 6.07) is 2.87. The first-order valence-electron chi connectivity index (χ1n) is 5.61. The van der Waals surface area contributed by atoms with Gasteiger partial charge in [-0.1, -0.05) is 0 Å². The molecule has 1 fully saturated rings. The number of aromatic nitrogens is 1. The van der Waals surface area contributed by atoms with E-state index in [-0.39, 0.29) is 18.1 Å². The molecule has 6 heteroatoms. The van der Waals surface area contributed by atoms with Gasteiger partial charge in [-0.15, -0.1) is 0 Å². The van der Waals surface area contributed by atoms with Crippen LogP contribution in [0.25, 0.3) is 0 Å². The van der Waals surface area contributed by atoms with Crippen molar-refractivity contribution in [2.24, 2.45) is 0 Å². The number of rotatable bonds is 3. The van der Waals surface area contributed by atoms with Gasteiger partial charge in [-0.25, -0.2) is 4.79 Å². The van der Waals surface area contributed by atoms with Gasteiger partial charge >= 0.3 is 6.03 Å². The van der Waals surface area contributed by atoms with Gasteiger partial charge in [0.25, 0.3) is 0 Å². The van der Waals surface area contributed by atoms with E-state index in [0.29, 0.717) is 24.3 Å². The Morgan fingerprint density at radius 1 is 1.50 bits per heavy atom. The van der Waals surface area contributed by atoms with Crippen LogP contribution in [-0.2, 0) is 11.3 Å². The Labute approximate surface area is 104 Å². The van der Waals surface area contributed by atoms with Crippen molar-refractivity contribution in [2.75, 3.05) is 6.54 Å². The second-order valence-electron chi connectivity index (χ2n) is 4.12. The van der Waals surface area contributed by atoms with Gasteiger partial charge in [0.15, 0.2) is 5.78 Å². The summed E-state index contributed by atoms with van der Waals surface area (Å²) in [5.41, 5.74) is 1.20. The predicted molar refractivity (Wildman–Crippen MR) is 62.8 cm³/mol. The average molecular weight is 247 g/mol. The molecule has 0 spiro atoms. The van der Waals surface area contributed by atoms with E-state index in [4.69, 9.17) is 0 Å². The fraction of sp³-hybridized carbons (Fsp3) is 0.333. The number of ketones is 1. The molecule has 0 aliphatic carbocycles. The lowest BCUT2D eigenvalue weighted by Crippen LogP contribution is -2.48. The Kier molecular flexibility index (Phi) is 3.36. The molecule has 2 heterocycles. The minimum absolute atomic E-state index is 0.0445. The molecule has 0 bridgehead atoms. The van der Waals surface area contributed by atoms with E-state index in [1.54, 1.807) is 18.3 Å². The third-order valence-electron chi connectivity index (χ3n) is 2.72. The van der Waals surface area contributed by atoms with Crippen molar-refractivity contribution >= 4 is 17.7 Å². The third kappa shape index (κ3) is 2.71. The van der Waals surface area contributed by atoms with Crippen molar-refractivity contribution in [2.45, 2.75) is 19.9 Å². The molecule has 6 nitrogen and oxygen atoms in total.